The molecule has 0 N–H and O–H groups in total. The summed E-state index contributed by atoms with van der Waals surface area (Å²) in [4.78, 5) is 12.7. The van der Waals surface area contributed by atoms with E-state index in [2.05, 4.69) is 15.9 Å². The first-order valence-corrected chi connectivity index (χ1v) is 6.41. The minimum absolute atomic E-state index is 0.0364. The molecule has 1 aliphatic heterocycles. The van der Waals surface area contributed by atoms with Gasteiger partial charge in [-0.2, -0.15) is 13.2 Å². The highest BCUT2D eigenvalue weighted by atomic mass is 79.9. The number of anilines is 1. The number of hydrogen-bond donors (Lipinski definition) is 0. The van der Waals surface area contributed by atoms with Gasteiger partial charge in [-0.25, -0.2) is 0 Å². The van der Waals surface area contributed by atoms with Crippen molar-refractivity contribution in [3.05, 3.63) is 28.8 Å². The van der Waals surface area contributed by atoms with Crippen molar-refractivity contribution >= 4 is 39.1 Å². The number of rotatable bonds is 1. The van der Waals surface area contributed by atoms with Crippen LogP contribution in [0, 0.1) is 0 Å². The molecule has 0 aliphatic carbocycles. The summed E-state index contributed by atoms with van der Waals surface area (Å²) in [5, 5.41) is -0.0364. The summed E-state index contributed by atoms with van der Waals surface area (Å²) in [6.07, 6.45) is -3.91. The van der Waals surface area contributed by atoms with Gasteiger partial charge in [-0.3, -0.25) is 4.79 Å². The van der Waals surface area contributed by atoms with Crippen LogP contribution in [-0.2, 0) is 11.0 Å². The van der Waals surface area contributed by atoms with Crippen molar-refractivity contribution in [2.24, 2.45) is 0 Å². The smallest absolute Gasteiger partial charge is 0.311 e. The topological polar surface area (TPSA) is 20.3 Å². The maximum atomic E-state index is 12.6. The standard InChI is InChI=1S/C11H8BrClF3NO/c12-9-1-2-17(10(9)18)8-4-6(11(14,15)16)3-7(13)5-8/h3-5,9H,1-2H2. The van der Waals surface area contributed by atoms with Crippen LogP contribution in [0.4, 0.5) is 18.9 Å². The molecule has 18 heavy (non-hydrogen) atoms. The molecule has 1 aliphatic rings. The minimum Gasteiger partial charge on any atom is -0.311 e. The normalized spacial score (nSPS) is 20.6. The lowest BCUT2D eigenvalue weighted by molar-refractivity contribution is -0.137. The maximum Gasteiger partial charge on any atom is 0.416 e. The second kappa shape index (κ2) is 4.74. The summed E-state index contributed by atoms with van der Waals surface area (Å²) in [7, 11) is 0. The van der Waals surface area contributed by atoms with Gasteiger partial charge in [0, 0.05) is 17.3 Å². The second-order valence-electron chi connectivity index (χ2n) is 3.94. The van der Waals surface area contributed by atoms with Gasteiger partial charge in [0.15, 0.2) is 0 Å². The van der Waals surface area contributed by atoms with Gasteiger partial charge in [0.2, 0.25) is 5.91 Å². The maximum absolute atomic E-state index is 12.6. The highest BCUT2D eigenvalue weighted by Crippen LogP contribution is 2.35. The van der Waals surface area contributed by atoms with E-state index in [9.17, 15) is 18.0 Å². The van der Waals surface area contributed by atoms with Gasteiger partial charge in [0.1, 0.15) is 0 Å². The number of halogens is 5. The van der Waals surface area contributed by atoms with Gasteiger partial charge in [0.25, 0.3) is 0 Å². The van der Waals surface area contributed by atoms with Crippen molar-refractivity contribution < 1.29 is 18.0 Å². The van der Waals surface area contributed by atoms with Crippen molar-refractivity contribution in [3.8, 4) is 0 Å². The van der Waals surface area contributed by atoms with E-state index in [0.29, 0.717) is 13.0 Å². The van der Waals surface area contributed by atoms with Crippen molar-refractivity contribution in [2.75, 3.05) is 11.4 Å². The van der Waals surface area contributed by atoms with Crippen LogP contribution in [0.2, 0.25) is 5.02 Å². The number of benzene rings is 1. The Kier molecular flexibility index (Phi) is 3.60. The molecule has 1 saturated heterocycles. The van der Waals surface area contributed by atoms with E-state index >= 15 is 0 Å². The Hall–Kier alpha value is -0.750. The van der Waals surface area contributed by atoms with Crippen molar-refractivity contribution in [3.63, 3.8) is 0 Å². The first kappa shape index (κ1) is 13.7. The molecule has 2 nitrogen and oxygen atoms in total. The quantitative estimate of drug-likeness (QED) is 0.710. The molecular formula is C11H8BrClF3NO. The Bertz CT molecular complexity index is 492. The van der Waals surface area contributed by atoms with E-state index in [1.165, 1.54) is 11.0 Å². The fraction of sp³-hybridized carbons (Fsp3) is 0.364. The van der Waals surface area contributed by atoms with Crippen LogP contribution < -0.4 is 4.90 Å². The zero-order valence-corrected chi connectivity index (χ0v) is 11.3. The Morgan fingerprint density at radius 3 is 2.50 bits per heavy atom. The predicted molar refractivity (Wildman–Crippen MR) is 66.1 cm³/mol. The number of alkyl halides is 4. The van der Waals surface area contributed by atoms with Crippen molar-refractivity contribution in [2.45, 2.75) is 17.4 Å². The van der Waals surface area contributed by atoms with Gasteiger partial charge in [-0.15, -0.1) is 0 Å². The monoisotopic (exact) mass is 341 g/mol. The predicted octanol–water partition coefficient (Wildman–Crippen LogP) is 3.86. The Labute approximate surface area is 115 Å². The second-order valence-corrected chi connectivity index (χ2v) is 5.48. The van der Waals surface area contributed by atoms with Gasteiger partial charge in [0.05, 0.1) is 10.4 Å². The fourth-order valence-electron chi connectivity index (χ4n) is 1.80. The van der Waals surface area contributed by atoms with E-state index in [1.807, 2.05) is 0 Å². The molecule has 1 atom stereocenters. The highest BCUT2D eigenvalue weighted by Gasteiger charge is 2.34. The van der Waals surface area contributed by atoms with Crippen LogP contribution in [-0.4, -0.2) is 17.3 Å². The molecule has 0 spiro atoms. The molecule has 7 heteroatoms. The van der Waals surface area contributed by atoms with Crippen LogP contribution in [0.15, 0.2) is 18.2 Å². The first-order valence-electron chi connectivity index (χ1n) is 5.12. The van der Waals surface area contributed by atoms with Crippen LogP contribution in [0.25, 0.3) is 0 Å². The van der Waals surface area contributed by atoms with Crippen LogP contribution in [0.3, 0.4) is 0 Å². The molecule has 1 aromatic carbocycles. The Morgan fingerprint density at radius 1 is 1.33 bits per heavy atom. The molecule has 0 bridgehead atoms. The molecule has 1 unspecified atom stereocenters. The lowest BCUT2D eigenvalue weighted by Gasteiger charge is -2.18. The molecular weight excluding hydrogens is 334 g/mol. The lowest BCUT2D eigenvalue weighted by Crippen LogP contribution is -2.27. The molecule has 0 saturated carbocycles. The Morgan fingerprint density at radius 2 is 2.00 bits per heavy atom. The number of carbonyl (C=O) groups excluding carboxylic acids is 1. The summed E-state index contributed by atoms with van der Waals surface area (Å²) in [6, 6.07) is 3.14. The third-order valence-electron chi connectivity index (χ3n) is 2.66. The molecule has 98 valence electrons. The summed E-state index contributed by atoms with van der Waals surface area (Å²) in [5.74, 6) is -0.245. The number of carbonyl (C=O) groups is 1. The molecule has 1 fully saturated rings. The number of amides is 1. The van der Waals surface area contributed by atoms with Gasteiger partial charge in [-0.05, 0) is 24.6 Å². The average molecular weight is 343 g/mol. The Balaban J connectivity index is 2.40. The highest BCUT2D eigenvalue weighted by molar-refractivity contribution is 9.10. The largest absolute Gasteiger partial charge is 0.416 e. The molecule has 0 radical (unpaired) electrons. The third kappa shape index (κ3) is 2.64. The molecule has 1 heterocycles. The van der Waals surface area contributed by atoms with E-state index in [0.717, 1.165) is 12.1 Å². The minimum atomic E-state index is -4.48. The summed E-state index contributed by atoms with van der Waals surface area (Å²) in [5.41, 5.74) is -0.669. The van der Waals surface area contributed by atoms with Crippen molar-refractivity contribution in [1.82, 2.24) is 0 Å². The van der Waals surface area contributed by atoms with Gasteiger partial charge >= 0.3 is 6.18 Å². The van der Waals surface area contributed by atoms with E-state index < -0.39 is 11.7 Å². The van der Waals surface area contributed by atoms with E-state index in [4.69, 9.17) is 11.6 Å². The zero-order chi connectivity index (χ0) is 13.5. The lowest BCUT2D eigenvalue weighted by atomic mass is 10.2. The van der Waals surface area contributed by atoms with Crippen LogP contribution in [0.1, 0.15) is 12.0 Å². The summed E-state index contributed by atoms with van der Waals surface area (Å²) < 4.78 is 37.9. The van der Waals surface area contributed by atoms with Crippen LogP contribution in [0.5, 0.6) is 0 Å². The third-order valence-corrected chi connectivity index (χ3v) is 3.73. The molecule has 0 aromatic heterocycles. The SMILES string of the molecule is O=C1C(Br)CCN1c1cc(Cl)cc(C(F)(F)F)c1. The number of nitrogens with zero attached hydrogens (tertiary/aromatic N) is 1. The van der Waals surface area contributed by atoms with E-state index in [1.54, 1.807) is 0 Å². The fourth-order valence-corrected chi connectivity index (χ4v) is 2.48. The zero-order valence-electron chi connectivity index (χ0n) is 8.97. The number of hydrogen-bond acceptors (Lipinski definition) is 1. The molecule has 1 aromatic rings. The van der Waals surface area contributed by atoms with Crippen LogP contribution >= 0.6 is 27.5 Å². The molecule has 2 rings (SSSR count). The van der Waals surface area contributed by atoms with Gasteiger partial charge in [-0.1, -0.05) is 27.5 Å². The average Bonchev–Trinajstić information content (AvgIpc) is 2.58. The van der Waals surface area contributed by atoms with Crippen molar-refractivity contribution in [1.29, 1.82) is 0 Å². The molecule has 1 amide bonds. The summed E-state index contributed by atoms with van der Waals surface area (Å²) in [6.45, 7) is 0.381. The van der Waals surface area contributed by atoms with E-state index in [-0.39, 0.29) is 21.4 Å². The summed E-state index contributed by atoms with van der Waals surface area (Å²) >= 11 is 8.84. The van der Waals surface area contributed by atoms with Gasteiger partial charge < -0.3 is 4.90 Å². The first-order chi connectivity index (χ1) is 8.29.